The molecule has 0 saturated heterocycles. The number of fused-ring (bicyclic) bond motifs is 1. The lowest BCUT2D eigenvalue weighted by atomic mass is 10.0. The Morgan fingerprint density at radius 1 is 1.03 bits per heavy atom. The Hall–Kier alpha value is -3.17. The number of amides is 1. The number of sulfonamides is 1. The molecular weight excluding hydrogens is 442 g/mol. The van der Waals surface area contributed by atoms with Crippen LogP contribution in [0, 0.1) is 0 Å². The lowest BCUT2D eigenvalue weighted by molar-refractivity contribution is -0.139. The maximum Gasteiger partial charge on any atom is 0.326 e. The summed E-state index contributed by atoms with van der Waals surface area (Å²) in [6, 6.07) is 12.0. The lowest BCUT2D eigenvalue weighted by Gasteiger charge is -2.21. The largest absolute Gasteiger partial charge is 0.480 e. The summed E-state index contributed by atoms with van der Waals surface area (Å²) in [7, 11) is -3.66. The molecule has 1 atom stereocenters. The zero-order valence-corrected chi connectivity index (χ0v) is 19.6. The normalized spacial score (nSPS) is 12.7. The van der Waals surface area contributed by atoms with Crippen LogP contribution in [-0.4, -0.2) is 53.8 Å². The van der Waals surface area contributed by atoms with E-state index in [9.17, 15) is 23.1 Å². The molecule has 0 saturated carbocycles. The third-order valence-corrected chi connectivity index (χ3v) is 7.32. The van der Waals surface area contributed by atoms with Crippen LogP contribution >= 0.6 is 0 Å². The monoisotopic (exact) mass is 471 g/mol. The molecule has 33 heavy (non-hydrogen) atoms. The van der Waals surface area contributed by atoms with E-state index in [0.717, 1.165) is 16.5 Å². The van der Waals surface area contributed by atoms with Gasteiger partial charge in [-0.2, -0.15) is 4.31 Å². The number of hydrogen-bond donors (Lipinski definition) is 3. The van der Waals surface area contributed by atoms with Crippen LogP contribution in [0.25, 0.3) is 10.9 Å². The van der Waals surface area contributed by atoms with E-state index in [4.69, 9.17) is 0 Å². The number of carboxylic acids is 1. The summed E-state index contributed by atoms with van der Waals surface area (Å²) in [6.45, 7) is 4.68. The van der Waals surface area contributed by atoms with Crippen LogP contribution in [0.4, 0.5) is 0 Å². The molecule has 1 amide bonds. The van der Waals surface area contributed by atoms with Crippen LogP contribution in [0.3, 0.4) is 0 Å². The highest BCUT2D eigenvalue weighted by Gasteiger charge is 2.25. The van der Waals surface area contributed by atoms with Gasteiger partial charge in [0.2, 0.25) is 10.0 Å². The van der Waals surface area contributed by atoms with Crippen LogP contribution in [0.1, 0.15) is 42.6 Å². The number of H-pyrrole nitrogens is 1. The Bertz CT molecular complexity index is 1210. The maximum atomic E-state index is 12.9. The molecule has 9 heteroatoms. The molecule has 176 valence electrons. The number of carboxylic acid groups (broad SMARTS) is 1. The molecule has 0 aliphatic rings. The first-order valence-corrected chi connectivity index (χ1v) is 12.4. The summed E-state index contributed by atoms with van der Waals surface area (Å²) in [4.78, 5) is 27.7. The van der Waals surface area contributed by atoms with Gasteiger partial charge in [0.15, 0.2) is 0 Å². The fourth-order valence-electron chi connectivity index (χ4n) is 3.74. The molecule has 3 aromatic rings. The van der Waals surface area contributed by atoms with Gasteiger partial charge in [-0.1, -0.05) is 32.0 Å². The van der Waals surface area contributed by atoms with Crippen molar-refractivity contribution in [3.63, 3.8) is 0 Å². The quantitative estimate of drug-likeness (QED) is 0.396. The number of hydrogen-bond acceptors (Lipinski definition) is 4. The van der Waals surface area contributed by atoms with E-state index >= 15 is 0 Å². The van der Waals surface area contributed by atoms with Gasteiger partial charge in [-0.05, 0) is 48.7 Å². The van der Waals surface area contributed by atoms with E-state index in [-0.39, 0.29) is 16.9 Å². The number of nitrogens with zero attached hydrogens (tertiary/aromatic N) is 1. The van der Waals surface area contributed by atoms with Gasteiger partial charge < -0.3 is 15.4 Å². The molecule has 1 heterocycles. The van der Waals surface area contributed by atoms with Crippen molar-refractivity contribution in [1.82, 2.24) is 14.6 Å². The van der Waals surface area contributed by atoms with Gasteiger partial charge in [-0.15, -0.1) is 0 Å². The molecule has 3 rings (SSSR count). The third-order valence-electron chi connectivity index (χ3n) is 5.40. The van der Waals surface area contributed by atoms with E-state index in [2.05, 4.69) is 10.3 Å². The minimum absolute atomic E-state index is 0.106. The van der Waals surface area contributed by atoms with E-state index in [0.29, 0.717) is 25.9 Å². The van der Waals surface area contributed by atoms with Gasteiger partial charge in [0.1, 0.15) is 6.04 Å². The van der Waals surface area contributed by atoms with Crippen molar-refractivity contribution in [2.24, 2.45) is 0 Å². The molecule has 8 nitrogen and oxygen atoms in total. The summed E-state index contributed by atoms with van der Waals surface area (Å²) in [6.07, 6.45) is 3.25. The number of nitrogens with one attached hydrogen (secondary N) is 2. The van der Waals surface area contributed by atoms with Crippen molar-refractivity contribution in [1.29, 1.82) is 0 Å². The molecule has 0 radical (unpaired) electrons. The highest BCUT2D eigenvalue weighted by Crippen LogP contribution is 2.20. The second-order valence-corrected chi connectivity index (χ2v) is 9.79. The minimum Gasteiger partial charge on any atom is -0.480 e. The lowest BCUT2D eigenvalue weighted by Crippen LogP contribution is -2.42. The molecule has 1 aromatic heterocycles. The Balaban J connectivity index is 1.75. The number of para-hydroxylation sites is 1. The number of aliphatic carboxylic acids is 1. The Morgan fingerprint density at radius 2 is 1.67 bits per heavy atom. The molecule has 0 fully saturated rings. The summed E-state index contributed by atoms with van der Waals surface area (Å²) >= 11 is 0. The van der Waals surface area contributed by atoms with Crippen molar-refractivity contribution >= 4 is 32.8 Å². The molecular formula is C24H29N3O5S. The van der Waals surface area contributed by atoms with Crippen LogP contribution in [-0.2, 0) is 21.2 Å². The van der Waals surface area contributed by atoms with E-state index in [1.165, 1.54) is 28.6 Å². The Kier molecular flexibility index (Phi) is 7.88. The van der Waals surface area contributed by atoms with Crippen molar-refractivity contribution in [3.05, 3.63) is 65.9 Å². The van der Waals surface area contributed by atoms with Crippen molar-refractivity contribution in [3.8, 4) is 0 Å². The number of carbonyl (C=O) groups is 2. The maximum absolute atomic E-state index is 12.9. The first-order valence-electron chi connectivity index (χ1n) is 11.0. The topological polar surface area (TPSA) is 120 Å². The fourth-order valence-corrected chi connectivity index (χ4v) is 5.36. The Morgan fingerprint density at radius 3 is 2.27 bits per heavy atom. The highest BCUT2D eigenvalue weighted by atomic mass is 32.2. The van der Waals surface area contributed by atoms with Gasteiger partial charge in [0.05, 0.1) is 4.90 Å². The first-order chi connectivity index (χ1) is 15.8. The number of rotatable bonds is 11. The molecule has 3 N–H and O–H groups in total. The zero-order chi connectivity index (χ0) is 24.0. The smallest absolute Gasteiger partial charge is 0.326 e. The minimum atomic E-state index is -3.66. The summed E-state index contributed by atoms with van der Waals surface area (Å²) in [5.74, 6) is -1.73. The van der Waals surface area contributed by atoms with Gasteiger partial charge in [0, 0.05) is 42.2 Å². The average molecular weight is 472 g/mol. The van der Waals surface area contributed by atoms with Gasteiger partial charge in [-0.25, -0.2) is 13.2 Å². The van der Waals surface area contributed by atoms with Crippen LogP contribution < -0.4 is 5.32 Å². The predicted octanol–water partition coefficient (Wildman–Crippen LogP) is 3.40. The molecule has 0 bridgehead atoms. The second-order valence-electron chi connectivity index (χ2n) is 7.86. The van der Waals surface area contributed by atoms with Crippen LogP contribution in [0.15, 0.2) is 59.6 Å². The van der Waals surface area contributed by atoms with Crippen molar-refractivity contribution in [2.75, 3.05) is 13.1 Å². The van der Waals surface area contributed by atoms with Gasteiger partial charge in [-0.3, -0.25) is 4.79 Å². The van der Waals surface area contributed by atoms with E-state index < -0.39 is 27.9 Å². The first kappa shape index (κ1) is 24.5. The van der Waals surface area contributed by atoms with E-state index in [1.807, 2.05) is 38.1 Å². The van der Waals surface area contributed by atoms with Crippen molar-refractivity contribution in [2.45, 2.75) is 44.0 Å². The summed E-state index contributed by atoms with van der Waals surface area (Å²) in [5.41, 5.74) is 1.86. The average Bonchev–Trinajstić information content (AvgIpc) is 3.21. The predicted molar refractivity (Wildman–Crippen MR) is 127 cm³/mol. The zero-order valence-electron chi connectivity index (χ0n) is 18.7. The van der Waals surface area contributed by atoms with Crippen molar-refractivity contribution < 1.29 is 23.1 Å². The molecule has 0 unspecified atom stereocenters. The van der Waals surface area contributed by atoms with Crippen LogP contribution in [0.2, 0.25) is 0 Å². The number of aromatic amines is 1. The highest BCUT2D eigenvalue weighted by molar-refractivity contribution is 7.89. The Labute approximate surface area is 193 Å². The summed E-state index contributed by atoms with van der Waals surface area (Å²) < 4.78 is 27.2. The van der Waals surface area contributed by atoms with E-state index in [1.54, 1.807) is 6.20 Å². The standard InChI is InChI=1S/C24H29N3O5S/c1-3-13-27(14-4-2)33(31,32)19-11-9-17(10-12-19)23(28)26-22(24(29)30)15-18-16-25-21-8-6-5-7-20(18)21/h5-12,16,22,25H,3-4,13-15H2,1-2H3,(H,26,28)(H,29,30)/t22-/m0/s1. The molecule has 2 aromatic carbocycles. The SMILES string of the molecule is CCCN(CCC)S(=O)(=O)c1ccc(C(=O)N[C@@H](Cc2c[nH]c3ccccc23)C(=O)O)cc1. The van der Waals surface area contributed by atoms with Gasteiger partial charge >= 0.3 is 5.97 Å². The fraction of sp³-hybridized carbons (Fsp3) is 0.333. The third kappa shape index (κ3) is 5.61. The second kappa shape index (κ2) is 10.6. The number of aromatic nitrogens is 1. The molecule has 0 aliphatic carbocycles. The number of carbonyl (C=O) groups excluding carboxylic acids is 1. The molecule has 0 aliphatic heterocycles. The van der Waals surface area contributed by atoms with Crippen LogP contribution in [0.5, 0.6) is 0 Å². The molecule has 0 spiro atoms. The number of benzene rings is 2. The summed E-state index contributed by atoms with van der Waals surface area (Å²) in [5, 5.41) is 13.1. The van der Waals surface area contributed by atoms with Gasteiger partial charge in [0.25, 0.3) is 5.91 Å².